The minimum Gasteiger partial charge on any atom is -0.497 e. The van der Waals surface area contributed by atoms with E-state index in [1.165, 1.54) is 0 Å². The van der Waals surface area contributed by atoms with Crippen LogP contribution in [0.5, 0.6) is 5.75 Å². The molecule has 0 atom stereocenters. The summed E-state index contributed by atoms with van der Waals surface area (Å²) < 4.78 is 11.7. The van der Waals surface area contributed by atoms with Gasteiger partial charge < -0.3 is 9.47 Å². The van der Waals surface area contributed by atoms with Gasteiger partial charge in [-0.1, -0.05) is 5.21 Å². The molecule has 3 rings (SSSR count). The summed E-state index contributed by atoms with van der Waals surface area (Å²) in [5, 5.41) is 8.01. The summed E-state index contributed by atoms with van der Waals surface area (Å²) >= 11 is 0. The fraction of sp³-hybridized carbons (Fsp3) is 0.250. The summed E-state index contributed by atoms with van der Waals surface area (Å²) in [7, 11) is 1.60. The largest absolute Gasteiger partial charge is 0.497 e. The van der Waals surface area contributed by atoms with Gasteiger partial charge in [0.1, 0.15) is 18.1 Å². The smallest absolute Gasteiger partial charge is 0.359 e. The lowest BCUT2D eigenvalue weighted by atomic mass is 10.1. The second-order valence-electron chi connectivity index (χ2n) is 3.87. The molecule has 0 unspecified atom stereocenters. The molecule has 0 aliphatic carbocycles. The Morgan fingerprint density at radius 3 is 2.83 bits per heavy atom. The molecule has 0 spiro atoms. The number of ether oxygens (including phenoxy) is 2. The zero-order valence-electron chi connectivity index (χ0n) is 9.79. The summed E-state index contributed by atoms with van der Waals surface area (Å²) in [5.74, 6) is 0.374. The zero-order chi connectivity index (χ0) is 12.5. The van der Waals surface area contributed by atoms with Crippen molar-refractivity contribution >= 4 is 5.97 Å². The second kappa shape index (κ2) is 4.14. The van der Waals surface area contributed by atoms with Gasteiger partial charge >= 0.3 is 5.97 Å². The molecular formula is C12H11N3O3. The van der Waals surface area contributed by atoms with Gasteiger partial charge in [-0.15, -0.1) is 5.10 Å². The SMILES string of the molecule is COc1ccc(-c2nnn3c2C(=O)OCC3)cc1. The van der Waals surface area contributed by atoms with Crippen molar-refractivity contribution in [1.82, 2.24) is 15.0 Å². The number of aromatic nitrogens is 3. The molecule has 1 aromatic carbocycles. The van der Waals surface area contributed by atoms with E-state index in [1.807, 2.05) is 24.3 Å². The van der Waals surface area contributed by atoms with E-state index in [0.717, 1.165) is 11.3 Å². The van der Waals surface area contributed by atoms with Crippen LogP contribution in [0.1, 0.15) is 10.5 Å². The van der Waals surface area contributed by atoms with Crippen molar-refractivity contribution in [3.05, 3.63) is 30.0 Å². The number of cyclic esters (lactones) is 1. The van der Waals surface area contributed by atoms with Crippen molar-refractivity contribution in [2.75, 3.05) is 13.7 Å². The van der Waals surface area contributed by atoms with Gasteiger partial charge in [0.05, 0.1) is 13.7 Å². The Morgan fingerprint density at radius 1 is 1.33 bits per heavy atom. The maximum atomic E-state index is 11.7. The van der Waals surface area contributed by atoms with Gasteiger partial charge in [0.15, 0.2) is 5.69 Å². The molecule has 0 amide bonds. The molecular weight excluding hydrogens is 234 g/mol. The Balaban J connectivity index is 2.06. The van der Waals surface area contributed by atoms with E-state index in [9.17, 15) is 4.79 Å². The summed E-state index contributed by atoms with van der Waals surface area (Å²) in [5.41, 5.74) is 1.77. The fourth-order valence-corrected chi connectivity index (χ4v) is 1.91. The number of hydrogen-bond donors (Lipinski definition) is 0. The van der Waals surface area contributed by atoms with Crippen molar-refractivity contribution in [3.63, 3.8) is 0 Å². The van der Waals surface area contributed by atoms with Gasteiger partial charge in [0.25, 0.3) is 0 Å². The predicted octanol–water partition coefficient (Wildman–Crippen LogP) is 1.12. The Morgan fingerprint density at radius 2 is 2.11 bits per heavy atom. The van der Waals surface area contributed by atoms with Crippen LogP contribution in [0.3, 0.4) is 0 Å². The van der Waals surface area contributed by atoms with Gasteiger partial charge in [-0.05, 0) is 24.3 Å². The van der Waals surface area contributed by atoms with Crippen LogP contribution >= 0.6 is 0 Å². The van der Waals surface area contributed by atoms with Crippen LogP contribution < -0.4 is 4.74 Å². The normalized spacial score (nSPS) is 13.9. The Labute approximate surface area is 103 Å². The lowest BCUT2D eigenvalue weighted by molar-refractivity contribution is 0.0412. The Kier molecular flexibility index (Phi) is 2.47. The molecule has 1 aliphatic rings. The van der Waals surface area contributed by atoms with Crippen LogP contribution in [0.15, 0.2) is 24.3 Å². The highest BCUT2D eigenvalue weighted by Crippen LogP contribution is 2.25. The zero-order valence-corrected chi connectivity index (χ0v) is 9.79. The molecule has 6 nitrogen and oxygen atoms in total. The van der Waals surface area contributed by atoms with E-state index in [1.54, 1.807) is 11.8 Å². The van der Waals surface area contributed by atoms with Gasteiger partial charge in [-0.2, -0.15) is 0 Å². The molecule has 6 heteroatoms. The molecule has 92 valence electrons. The summed E-state index contributed by atoms with van der Waals surface area (Å²) in [6, 6.07) is 7.31. The highest BCUT2D eigenvalue weighted by atomic mass is 16.5. The summed E-state index contributed by atoms with van der Waals surface area (Å²) in [6.45, 7) is 0.890. The first-order chi connectivity index (χ1) is 8.79. The topological polar surface area (TPSA) is 66.2 Å². The molecule has 0 bridgehead atoms. The highest BCUT2D eigenvalue weighted by Gasteiger charge is 2.26. The van der Waals surface area contributed by atoms with Crippen LogP contribution in [0, 0.1) is 0 Å². The van der Waals surface area contributed by atoms with Crippen molar-refractivity contribution in [1.29, 1.82) is 0 Å². The molecule has 2 heterocycles. The number of fused-ring (bicyclic) bond motifs is 1. The lowest BCUT2D eigenvalue weighted by Crippen LogP contribution is -2.23. The first-order valence-electron chi connectivity index (χ1n) is 5.54. The van der Waals surface area contributed by atoms with Gasteiger partial charge in [-0.25, -0.2) is 9.48 Å². The van der Waals surface area contributed by atoms with E-state index in [2.05, 4.69) is 10.3 Å². The van der Waals surface area contributed by atoms with Gasteiger partial charge in [0, 0.05) is 5.56 Å². The van der Waals surface area contributed by atoms with E-state index in [4.69, 9.17) is 9.47 Å². The summed E-state index contributed by atoms with van der Waals surface area (Å²) in [4.78, 5) is 11.7. The van der Waals surface area contributed by atoms with Crippen molar-refractivity contribution in [3.8, 4) is 17.0 Å². The van der Waals surface area contributed by atoms with Crippen LogP contribution in [-0.2, 0) is 11.3 Å². The molecule has 0 radical (unpaired) electrons. The fourth-order valence-electron chi connectivity index (χ4n) is 1.91. The van der Waals surface area contributed by atoms with Crippen molar-refractivity contribution in [2.45, 2.75) is 6.54 Å². The monoisotopic (exact) mass is 245 g/mol. The standard InChI is InChI=1S/C12H11N3O3/c1-17-9-4-2-8(3-5-9)10-11-12(16)18-7-6-15(11)14-13-10/h2-5H,6-7H2,1H3. The quantitative estimate of drug-likeness (QED) is 0.742. The van der Waals surface area contributed by atoms with Gasteiger partial charge in [0.2, 0.25) is 0 Å². The number of carbonyl (C=O) groups excluding carboxylic acids is 1. The van der Waals surface area contributed by atoms with Crippen LogP contribution in [0.4, 0.5) is 0 Å². The maximum Gasteiger partial charge on any atom is 0.359 e. The van der Waals surface area contributed by atoms with Crippen LogP contribution in [0.25, 0.3) is 11.3 Å². The minimum absolute atomic E-state index is 0.344. The van der Waals surface area contributed by atoms with Crippen LogP contribution in [-0.4, -0.2) is 34.7 Å². The first kappa shape index (κ1) is 10.8. The van der Waals surface area contributed by atoms with Gasteiger partial charge in [-0.3, -0.25) is 0 Å². The van der Waals surface area contributed by atoms with Crippen molar-refractivity contribution in [2.24, 2.45) is 0 Å². The number of esters is 1. The molecule has 1 aliphatic heterocycles. The molecule has 0 saturated carbocycles. The van der Waals surface area contributed by atoms with E-state index < -0.39 is 0 Å². The number of carbonyl (C=O) groups is 1. The molecule has 0 fully saturated rings. The number of benzene rings is 1. The maximum absolute atomic E-state index is 11.7. The van der Waals surface area contributed by atoms with Crippen LogP contribution in [0.2, 0.25) is 0 Å². The third kappa shape index (κ3) is 1.62. The number of nitrogens with zero attached hydrogens (tertiary/aromatic N) is 3. The molecule has 1 aromatic heterocycles. The second-order valence-corrected chi connectivity index (χ2v) is 3.87. The minimum atomic E-state index is -0.378. The highest BCUT2D eigenvalue weighted by molar-refractivity contribution is 5.94. The third-order valence-electron chi connectivity index (χ3n) is 2.83. The average Bonchev–Trinajstić information content (AvgIpc) is 2.84. The van der Waals surface area contributed by atoms with Crippen molar-refractivity contribution < 1.29 is 14.3 Å². The van der Waals surface area contributed by atoms with E-state index in [-0.39, 0.29) is 5.97 Å². The molecule has 0 saturated heterocycles. The first-order valence-corrected chi connectivity index (χ1v) is 5.54. The molecule has 2 aromatic rings. The third-order valence-corrected chi connectivity index (χ3v) is 2.83. The Bertz CT molecular complexity index is 589. The lowest BCUT2D eigenvalue weighted by Gasteiger charge is -2.13. The number of hydrogen-bond acceptors (Lipinski definition) is 5. The number of rotatable bonds is 2. The Hall–Kier alpha value is -2.37. The predicted molar refractivity (Wildman–Crippen MR) is 62.3 cm³/mol. The average molecular weight is 245 g/mol. The molecule has 0 N–H and O–H groups in total. The number of methoxy groups -OCH3 is 1. The molecule has 18 heavy (non-hydrogen) atoms. The van der Waals surface area contributed by atoms with E-state index >= 15 is 0 Å². The van der Waals surface area contributed by atoms with E-state index in [0.29, 0.717) is 24.5 Å². The summed E-state index contributed by atoms with van der Waals surface area (Å²) in [6.07, 6.45) is 0.